The van der Waals surface area contributed by atoms with Crippen LogP contribution in [0.2, 0.25) is 0 Å². The molecule has 1 atom stereocenters. The first kappa shape index (κ1) is 23.0. The van der Waals surface area contributed by atoms with Gasteiger partial charge < -0.3 is 4.90 Å². The largest absolute Gasteiger partial charge is 0.303 e. The van der Waals surface area contributed by atoms with E-state index in [2.05, 4.69) is 18.9 Å². The predicted molar refractivity (Wildman–Crippen MR) is 114 cm³/mol. The first-order valence-corrected chi connectivity index (χ1v) is 12.0. The third-order valence-electron chi connectivity index (χ3n) is 6.31. The molecule has 0 saturated carbocycles. The van der Waals surface area contributed by atoms with E-state index in [0.29, 0.717) is 0 Å². The van der Waals surface area contributed by atoms with E-state index in [1.165, 1.54) is 135 Å². The van der Waals surface area contributed by atoms with Crippen molar-refractivity contribution in [3.05, 3.63) is 0 Å². The summed E-state index contributed by atoms with van der Waals surface area (Å²) >= 11 is 0. The molecule has 0 aliphatic carbocycles. The molecule has 1 aliphatic rings. The number of unbranched alkanes of at least 4 members (excludes halogenated alkanes) is 15. The van der Waals surface area contributed by atoms with Crippen molar-refractivity contribution in [3.63, 3.8) is 0 Å². The highest BCUT2D eigenvalue weighted by molar-refractivity contribution is 4.73. The molecule has 1 heterocycles. The predicted octanol–water partition coefficient (Wildman–Crippen LogP) is 8.12. The SMILES string of the molecule is CCCCCCCCCCCCCCCCCCC1CCCCN1C. The Balaban J connectivity index is 1.70. The smallest absolute Gasteiger partial charge is 0.00922 e. The number of hydrogen-bond acceptors (Lipinski definition) is 1. The lowest BCUT2D eigenvalue weighted by molar-refractivity contribution is 0.173. The maximum absolute atomic E-state index is 2.61. The van der Waals surface area contributed by atoms with Crippen molar-refractivity contribution in [1.29, 1.82) is 0 Å². The summed E-state index contributed by atoms with van der Waals surface area (Å²) in [5, 5.41) is 0. The Bertz CT molecular complexity index is 263. The van der Waals surface area contributed by atoms with Crippen LogP contribution in [0, 0.1) is 0 Å². The molecule has 25 heavy (non-hydrogen) atoms. The molecule has 1 unspecified atom stereocenters. The Labute approximate surface area is 160 Å². The lowest BCUT2D eigenvalue weighted by Crippen LogP contribution is -2.35. The van der Waals surface area contributed by atoms with Gasteiger partial charge in [0.25, 0.3) is 0 Å². The van der Waals surface area contributed by atoms with Crippen LogP contribution in [0.5, 0.6) is 0 Å². The Morgan fingerprint density at radius 3 is 1.48 bits per heavy atom. The van der Waals surface area contributed by atoms with E-state index < -0.39 is 0 Å². The second-order valence-electron chi connectivity index (χ2n) is 8.72. The third kappa shape index (κ3) is 13.8. The van der Waals surface area contributed by atoms with E-state index in [0.717, 1.165) is 6.04 Å². The van der Waals surface area contributed by atoms with Crippen molar-refractivity contribution in [1.82, 2.24) is 4.90 Å². The fourth-order valence-electron chi connectivity index (χ4n) is 4.44. The fourth-order valence-corrected chi connectivity index (χ4v) is 4.44. The van der Waals surface area contributed by atoms with Crippen LogP contribution in [-0.2, 0) is 0 Å². The molecule has 1 rings (SSSR count). The topological polar surface area (TPSA) is 3.24 Å². The molecular formula is C24H49N. The highest BCUT2D eigenvalue weighted by Gasteiger charge is 2.17. The van der Waals surface area contributed by atoms with Gasteiger partial charge in [0.2, 0.25) is 0 Å². The molecule has 0 bridgehead atoms. The maximum atomic E-state index is 2.61. The molecule has 1 heteroatoms. The van der Waals surface area contributed by atoms with Crippen LogP contribution in [0.3, 0.4) is 0 Å². The normalized spacial score (nSPS) is 18.7. The molecule has 0 aromatic carbocycles. The fraction of sp³-hybridized carbons (Fsp3) is 1.00. The van der Waals surface area contributed by atoms with Crippen molar-refractivity contribution in [3.8, 4) is 0 Å². The van der Waals surface area contributed by atoms with Gasteiger partial charge in [-0.05, 0) is 32.9 Å². The number of nitrogens with zero attached hydrogens (tertiary/aromatic N) is 1. The highest BCUT2D eigenvalue weighted by atomic mass is 15.1. The average Bonchev–Trinajstić information content (AvgIpc) is 2.63. The standard InChI is InChI=1S/C24H49N/c1-3-4-5-6-7-8-9-10-11-12-13-14-15-16-17-18-21-24-22-19-20-23-25(24)2/h24H,3-23H2,1-2H3. The van der Waals surface area contributed by atoms with Crippen molar-refractivity contribution in [2.24, 2.45) is 0 Å². The van der Waals surface area contributed by atoms with Gasteiger partial charge in [0.05, 0.1) is 0 Å². The minimum absolute atomic E-state index is 0.903. The zero-order valence-electron chi connectivity index (χ0n) is 17.9. The lowest BCUT2D eigenvalue weighted by Gasteiger charge is -2.32. The van der Waals surface area contributed by atoms with E-state index >= 15 is 0 Å². The minimum Gasteiger partial charge on any atom is -0.303 e. The van der Waals surface area contributed by atoms with Crippen LogP contribution in [0.25, 0.3) is 0 Å². The molecule has 0 N–H and O–H groups in total. The van der Waals surface area contributed by atoms with E-state index in [9.17, 15) is 0 Å². The van der Waals surface area contributed by atoms with Crippen LogP contribution in [-0.4, -0.2) is 24.5 Å². The van der Waals surface area contributed by atoms with E-state index in [-0.39, 0.29) is 0 Å². The number of rotatable bonds is 17. The summed E-state index contributed by atoms with van der Waals surface area (Å²) in [6.07, 6.45) is 29.4. The summed E-state index contributed by atoms with van der Waals surface area (Å²) < 4.78 is 0. The Morgan fingerprint density at radius 1 is 0.600 bits per heavy atom. The molecule has 0 spiro atoms. The first-order chi connectivity index (χ1) is 12.3. The van der Waals surface area contributed by atoms with Crippen LogP contribution in [0.4, 0.5) is 0 Å². The van der Waals surface area contributed by atoms with Crippen molar-refractivity contribution < 1.29 is 0 Å². The molecular weight excluding hydrogens is 302 g/mol. The average molecular weight is 352 g/mol. The van der Waals surface area contributed by atoms with Crippen LogP contribution >= 0.6 is 0 Å². The summed E-state index contributed by atoms with van der Waals surface area (Å²) in [5.41, 5.74) is 0. The summed E-state index contributed by atoms with van der Waals surface area (Å²) in [6, 6.07) is 0.903. The Kier molecular flexibility index (Phi) is 16.0. The zero-order chi connectivity index (χ0) is 18.0. The second-order valence-corrected chi connectivity index (χ2v) is 8.72. The molecule has 0 aromatic heterocycles. The minimum atomic E-state index is 0.903. The summed E-state index contributed by atoms with van der Waals surface area (Å²) in [5.74, 6) is 0. The lowest BCUT2D eigenvalue weighted by atomic mass is 9.97. The molecule has 1 nitrogen and oxygen atoms in total. The molecule has 0 radical (unpaired) electrons. The summed E-state index contributed by atoms with van der Waals surface area (Å²) in [6.45, 7) is 3.64. The summed E-state index contributed by atoms with van der Waals surface area (Å²) in [4.78, 5) is 2.61. The number of piperidine rings is 1. The monoisotopic (exact) mass is 351 g/mol. The first-order valence-electron chi connectivity index (χ1n) is 12.0. The second kappa shape index (κ2) is 17.4. The molecule has 1 aliphatic heterocycles. The van der Waals surface area contributed by atoms with Crippen LogP contribution in [0.1, 0.15) is 135 Å². The summed E-state index contributed by atoms with van der Waals surface area (Å²) in [7, 11) is 2.33. The quantitative estimate of drug-likeness (QED) is 0.239. The third-order valence-corrected chi connectivity index (χ3v) is 6.31. The molecule has 0 amide bonds. The Hall–Kier alpha value is -0.0400. The van der Waals surface area contributed by atoms with Gasteiger partial charge in [-0.15, -0.1) is 0 Å². The van der Waals surface area contributed by atoms with Crippen molar-refractivity contribution >= 4 is 0 Å². The van der Waals surface area contributed by atoms with Gasteiger partial charge in [-0.3, -0.25) is 0 Å². The highest BCUT2D eigenvalue weighted by Crippen LogP contribution is 2.20. The zero-order valence-corrected chi connectivity index (χ0v) is 17.9. The Morgan fingerprint density at radius 2 is 1.04 bits per heavy atom. The molecule has 1 fully saturated rings. The van der Waals surface area contributed by atoms with Crippen molar-refractivity contribution in [2.45, 2.75) is 141 Å². The van der Waals surface area contributed by atoms with Gasteiger partial charge >= 0.3 is 0 Å². The molecule has 150 valence electrons. The van der Waals surface area contributed by atoms with Gasteiger partial charge in [-0.2, -0.15) is 0 Å². The number of likely N-dealkylation sites (tertiary alicyclic amines) is 1. The number of hydrogen-bond donors (Lipinski definition) is 0. The van der Waals surface area contributed by atoms with Gasteiger partial charge in [-0.1, -0.05) is 116 Å². The van der Waals surface area contributed by atoms with E-state index in [4.69, 9.17) is 0 Å². The maximum Gasteiger partial charge on any atom is 0.00922 e. The van der Waals surface area contributed by atoms with Crippen LogP contribution < -0.4 is 0 Å². The molecule has 0 aromatic rings. The van der Waals surface area contributed by atoms with E-state index in [1.807, 2.05) is 0 Å². The van der Waals surface area contributed by atoms with Crippen LogP contribution in [0.15, 0.2) is 0 Å². The van der Waals surface area contributed by atoms with Crippen molar-refractivity contribution in [2.75, 3.05) is 13.6 Å². The van der Waals surface area contributed by atoms with Gasteiger partial charge in [-0.25, -0.2) is 0 Å². The van der Waals surface area contributed by atoms with Gasteiger partial charge in [0.15, 0.2) is 0 Å². The van der Waals surface area contributed by atoms with Gasteiger partial charge in [0, 0.05) is 6.04 Å². The van der Waals surface area contributed by atoms with E-state index in [1.54, 1.807) is 0 Å². The van der Waals surface area contributed by atoms with Gasteiger partial charge in [0.1, 0.15) is 0 Å². The molecule has 1 saturated heterocycles.